The van der Waals surface area contributed by atoms with Crippen molar-refractivity contribution in [2.24, 2.45) is 0 Å². The highest BCUT2D eigenvalue weighted by Crippen LogP contribution is 2.29. The highest BCUT2D eigenvalue weighted by Gasteiger charge is 2.16. The molecule has 172 valence electrons. The summed E-state index contributed by atoms with van der Waals surface area (Å²) in [5.41, 5.74) is 3.75. The van der Waals surface area contributed by atoms with Crippen molar-refractivity contribution in [1.29, 1.82) is 0 Å². The third-order valence-corrected chi connectivity index (χ3v) is 6.01. The van der Waals surface area contributed by atoms with Crippen molar-refractivity contribution in [3.63, 3.8) is 0 Å². The van der Waals surface area contributed by atoms with Gasteiger partial charge in [0.05, 0.1) is 24.6 Å². The number of rotatable bonds is 6. The monoisotopic (exact) mass is 496 g/mol. The Morgan fingerprint density at radius 1 is 1.12 bits per heavy atom. The Kier molecular flexibility index (Phi) is 5.93. The van der Waals surface area contributed by atoms with Crippen LogP contribution < -0.4 is 10.1 Å². The molecule has 0 aliphatic rings. The SMILES string of the molecule is COc1ccc(Cl)c(CNc2nc(Cl)nc3nn(Cc4cccc5ncc(C)cc45)cc23)c1F. The molecule has 0 saturated carbocycles. The number of fused-ring (bicyclic) bond motifs is 2. The van der Waals surface area contributed by atoms with Crippen LogP contribution in [0.1, 0.15) is 16.7 Å². The lowest BCUT2D eigenvalue weighted by atomic mass is 10.1. The van der Waals surface area contributed by atoms with Crippen LogP contribution in [0.3, 0.4) is 0 Å². The van der Waals surface area contributed by atoms with Gasteiger partial charge in [0.1, 0.15) is 5.82 Å². The Bertz CT molecular complexity index is 1540. The molecule has 1 N–H and O–H groups in total. The molecule has 5 rings (SSSR count). The second-order valence-electron chi connectivity index (χ2n) is 7.80. The summed E-state index contributed by atoms with van der Waals surface area (Å²) in [4.78, 5) is 13.0. The molecule has 0 aliphatic carbocycles. The maximum atomic E-state index is 14.7. The maximum absolute atomic E-state index is 14.7. The Morgan fingerprint density at radius 2 is 1.97 bits per heavy atom. The normalized spacial score (nSPS) is 11.3. The Hall–Kier alpha value is -3.49. The summed E-state index contributed by atoms with van der Waals surface area (Å²) in [5, 5.41) is 9.71. The van der Waals surface area contributed by atoms with E-state index in [-0.39, 0.29) is 28.2 Å². The molecule has 10 heteroatoms. The van der Waals surface area contributed by atoms with E-state index in [9.17, 15) is 4.39 Å². The average molecular weight is 497 g/mol. The number of ether oxygens (including phenoxy) is 1. The molecular formula is C24H19Cl2FN6O. The van der Waals surface area contributed by atoms with E-state index in [0.717, 1.165) is 22.0 Å². The van der Waals surface area contributed by atoms with Crippen molar-refractivity contribution in [2.45, 2.75) is 20.0 Å². The maximum Gasteiger partial charge on any atom is 0.226 e. The molecule has 0 radical (unpaired) electrons. The van der Waals surface area contributed by atoms with Gasteiger partial charge in [-0.25, -0.2) is 4.39 Å². The largest absolute Gasteiger partial charge is 0.494 e. The molecule has 3 aromatic heterocycles. The van der Waals surface area contributed by atoms with Gasteiger partial charge in [-0.15, -0.1) is 0 Å². The molecule has 5 aromatic rings. The van der Waals surface area contributed by atoms with Gasteiger partial charge in [-0.05, 0) is 53.9 Å². The van der Waals surface area contributed by atoms with Crippen LogP contribution in [0.4, 0.5) is 10.2 Å². The Labute approximate surface area is 204 Å². The summed E-state index contributed by atoms with van der Waals surface area (Å²) in [6.45, 7) is 2.59. The van der Waals surface area contributed by atoms with Crippen LogP contribution in [-0.4, -0.2) is 31.8 Å². The molecule has 0 atom stereocenters. The van der Waals surface area contributed by atoms with Gasteiger partial charge >= 0.3 is 0 Å². The summed E-state index contributed by atoms with van der Waals surface area (Å²) in [6, 6.07) is 11.2. The molecule has 0 saturated heterocycles. The standard InChI is InChI=1S/C24H19Cl2FN6O/c1-13-8-15-14(4-3-5-19(15)28-9-13)11-33-12-17-22(30-24(26)31-23(17)32-33)29-10-16-18(25)6-7-20(34-2)21(16)27/h3-9,12H,10-11H2,1-2H3,(H,29,30,31,32). The molecule has 34 heavy (non-hydrogen) atoms. The minimum Gasteiger partial charge on any atom is -0.494 e. The average Bonchev–Trinajstić information content (AvgIpc) is 3.21. The van der Waals surface area contributed by atoms with E-state index in [0.29, 0.717) is 23.4 Å². The van der Waals surface area contributed by atoms with Crippen molar-refractivity contribution >= 4 is 51.0 Å². The zero-order valence-corrected chi connectivity index (χ0v) is 19.8. The minimum absolute atomic E-state index is 0.0300. The number of methoxy groups -OCH3 is 1. The first kappa shape index (κ1) is 22.3. The van der Waals surface area contributed by atoms with E-state index >= 15 is 0 Å². The fourth-order valence-corrected chi connectivity index (χ4v) is 4.21. The van der Waals surface area contributed by atoms with E-state index in [2.05, 4.69) is 31.4 Å². The topological polar surface area (TPSA) is 77.8 Å². The highest BCUT2D eigenvalue weighted by atomic mass is 35.5. The van der Waals surface area contributed by atoms with E-state index in [1.165, 1.54) is 13.2 Å². The number of aryl methyl sites for hydroxylation is 1. The van der Waals surface area contributed by atoms with Crippen molar-refractivity contribution in [1.82, 2.24) is 24.7 Å². The van der Waals surface area contributed by atoms with Gasteiger partial charge in [0, 0.05) is 34.9 Å². The van der Waals surface area contributed by atoms with E-state index in [4.69, 9.17) is 27.9 Å². The van der Waals surface area contributed by atoms with Gasteiger partial charge in [0.15, 0.2) is 17.2 Å². The number of nitrogens with zero attached hydrogens (tertiary/aromatic N) is 5. The summed E-state index contributed by atoms with van der Waals surface area (Å²) < 4.78 is 21.5. The lowest BCUT2D eigenvalue weighted by Crippen LogP contribution is -2.06. The van der Waals surface area contributed by atoms with Gasteiger partial charge in [-0.1, -0.05) is 23.7 Å². The van der Waals surface area contributed by atoms with Gasteiger partial charge in [0.2, 0.25) is 5.28 Å². The molecule has 7 nitrogen and oxygen atoms in total. The number of benzene rings is 2. The summed E-state index contributed by atoms with van der Waals surface area (Å²) in [7, 11) is 1.40. The quantitative estimate of drug-likeness (QED) is 0.299. The zero-order chi connectivity index (χ0) is 23.8. The molecule has 0 spiro atoms. The van der Waals surface area contributed by atoms with Gasteiger partial charge in [0.25, 0.3) is 0 Å². The van der Waals surface area contributed by atoms with Gasteiger partial charge in [-0.3, -0.25) is 9.67 Å². The Morgan fingerprint density at radius 3 is 2.79 bits per heavy atom. The van der Waals surface area contributed by atoms with Crippen molar-refractivity contribution in [3.05, 3.63) is 81.6 Å². The summed E-state index contributed by atoms with van der Waals surface area (Å²) >= 11 is 12.4. The van der Waals surface area contributed by atoms with Crippen LogP contribution in [0.5, 0.6) is 5.75 Å². The smallest absolute Gasteiger partial charge is 0.226 e. The lowest BCUT2D eigenvalue weighted by molar-refractivity contribution is 0.384. The van der Waals surface area contributed by atoms with Crippen LogP contribution in [0, 0.1) is 12.7 Å². The molecule has 0 bridgehead atoms. The van der Waals surface area contributed by atoms with Crippen molar-refractivity contribution in [2.75, 3.05) is 12.4 Å². The third kappa shape index (κ3) is 4.22. The lowest BCUT2D eigenvalue weighted by Gasteiger charge is -2.11. The molecule has 0 unspecified atom stereocenters. The van der Waals surface area contributed by atoms with Gasteiger partial charge in [-0.2, -0.15) is 15.1 Å². The number of hydrogen-bond acceptors (Lipinski definition) is 6. The Balaban J connectivity index is 1.48. The number of aromatic nitrogens is 5. The molecule has 3 heterocycles. The van der Waals surface area contributed by atoms with Crippen LogP contribution >= 0.6 is 23.2 Å². The van der Waals surface area contributed by atoms with Crippen LogP contribution in [0.25, 0.3) is 21.9 Å². The van der Waals surface area contributed by atoms with Crippen molar-refractivity contribution in [3.8, 4) is 5.75 Å². The molecule has 0 aliphatic heterocycles. The van der Waals surface area contributed by atoms with Gasteiger partial charge < -0.3 is 10.1 Å². The highest BCUT2D eigenvalue weighted by molar-refractivity contribution is 6.31. The fourth-order valence-electron chi connectivity index (χ4n) is 3.84. The molecule has 2 aromatic carbocycles. The van der Waals surface area contributed by atoms with Crippen LogP contribution in [0.15, 0.2) is 48.8 Å². The van der Waals surface area contributed by atoms with E-state index in [1.54, 1.807) is 10.7 Å². The molecular weight excluding hydrogens is 478 g/mol. The number of halogens is 3. The minimum atomic E-state index is -0.533. The second-order valence-corrected chi connectivity index (χ2v) is 8.54. The molecule has 0 fully saturated rings. The fraction of sp³-hybridized carbons (Fsp3) is 0.167. The van der Waals surface area contributed by atoms with Crippen LogP contribution in [-0.2, 0) is 13.1 Å². The zero-order valence-electron chi connectivity index (χ0n) is 18.3. The third-order valence-electron chi connectivity index (χ3n) is 5.49. The predicted octanol–water partition coefficient (Wildman–Crippen LogP) is 5.80. The van der Waals surface area contributed by atoms with E-state index in [1.807, 2.05) is 37.5 Å². The molecule has 0 amide bonds. The summed E-state index contributed by atoms with van der Waals surface area (Å²) in [6.07, 6.45) is 3.68. The number of nitrogens with one attached hydrogen (secondary N) is 1. The first-order valence-corrected chi connectivity index (χ1v) is 11.2. The van der Waals surface area contributed by atoms with Crippen LogP contribution in [0.2, 0.25) is 10.3 Å². The number of hydrogen-bond donors (Lipinski definition) is 1. The first-order valence-electron chi connectivity index (χ1n) is 10.4. The number of anilines is 1. The number of pyridine rings is 1. The van der Waals surface area contributed by atoms with E-state index < -0.39 is 5.82 Å². The second kappa shape index (κ2) is 9.04. The van der Waals surface area contributed by atoms with Crippen molar-refractivity contribution < 1.29 is 9.13 Å². The summed E-state index contributed by atoms with van der Waals surface area (Å²) in [5.74, 6) is 0.00381. The first-order chi connectivity index (χ1) is 16.4. The predicted molar refractivity (Wildman–Crippen MR) is 131 cm³/mol.